The summed E-state index contributed by atoms with van der Waals surface area (Å²) in [7, 11) is 0. The molecule has 2 heterocycles. The fourth-order valence-electron chi connectivity index (χ4n) is 2.25. The van der Waals surface area contributed by atoms with Gasteiger partial charge < -0.3 is 0 Å². The third kappa shape index (κ3) is 1.53. The van der Waals surface area contributed by atoms with Gasteiger partial charge in [0.05, 0.1) is 10.9 Å². The van der Waals surface area contributed by atoms with Crippen molar-refractivity contribution < 1.29 is 0 Å². The maximum Gasteiger partial charge on any atom is 0.281 e. The van der Waals surface area contributed by atoms with E-state index in [0.717, 1.165) is 5.56 Å². The number of aromatic amines is 1. The van der Waals surface area contributed by atoms with E-state index in [4.69, 9.17) is 0 Å². The molecule has 0 saturated heterocycles. The highest BCUT2D eigenvalue weighted by molar-refractivity contribution is 5.79. The molecule has 0 atom stereocenters. The van der Waals surface area contributed by atoms with Gasteiger partial charge in [0.25, 0.3) is 11.3 Å². The van der Waals surface area contributed by atoms with E-state index in [-0.39, 0.29) is 5.56 Å². The summed E-state index contributed by atoms with van der Waals surface area (Å²) in [6, 6.07) is 16.9. The molecule has 4 rings (SSSR count). The van der Waals surface area contributed by atoms with Crippen molar-refractivity contribution >= 4 is 16.7 Å². The number of rotatable bonds is 1. The molecule has 2 aromatic heterocycles. The quantitative estimate of drug-likeness (QED) is 0.572. The van der Waals surface area contributed by atoms with E-state index in [9.17, 15) is 4.79 Å². The van der Waals surface area contributed by atoms with Gasteiger partial charge in [-0.1, -0.05) is 42.5 Å². The van der Waals surface area contributed by atoms with Crippen LogP contribution in [0.25, 0.3) is 28.1 Å². The van der Waals surface area contributed by atoms with Crippen LogP contribution in [0.3, 0.4) is 0 Å². The highest BCUT2D eigenvalue weighted by atomic mass is 16.1. The van der Waals surface area contributed by atoms with E-state index in [1.54, 1.807) is 6.07 Å². The Bertz CT molecular complexity index is 969. The minimum Gasteiger partial charge on any atom is -0.271 e. The number of hydrogen-bond donors (Lipinski definition) is 1. The molecule has 96 valence electrons. The van der Waals surface area contributed by atoms with E-state index in [0.29, 0.717) is 22.5 Å². The van der Waals surface area contributed by atoms with Gasteiger partial charge in [0.1, 0.15) is 0 Å². The molecule has 20 heavy (non-hydrogen) atoms. The van der Waals surface area contributed by atoms with Gasteiger partial charge in [-0.05, 0) is 12.1 Å². The van der Waals surface area contributed by atoms with Crippen LogP contribution in [0.1, 0.15) is 0 Å². The van der Waals surface area contributed by atoms with Crippen molar-refractivity contribution in [1.82, 2.24) is 19.6 Å². The molecular formula is C15H10N4O. The zero-order chi connectivity index (χ0) is 13.5. The molecule has 0 bridgehead atoms. The van der Waals surface area contributed by atoms with Gasteiger partial charge in [-0.25, -0.2) is 4.98 Å². The van der Waals surface area contributed by atoms with Crippen LogP contribution in [0.15, 0.2) is 59.4 Å². The van der Waals surface area contributed by atoms with Crippen molar-refractivity contribution in [1.29, 1.82) is 0 Å². The van der Waals surface area contributed by atoms with Crippen LogP contribution in [0.4, 0.5) is 0 Å². The predicted octanol–water partition coefficient (Wildman–Crippen LogP) is 2.24. The summed E-state index contributed by atoms with van der Waals surface area (Å²) in [5, 5.41) is 3.58. The Kier molecular flexibility index (Phi) is 2.20. The summed E-state index contributed by atoms with van der Waals surface area (Å²) in [5.41, 5.74) is 1.44. The summed E-state index contributed by atoms with van der Waals surface area (Å²) >= 11 is 0. The van der Waals surface area contributed by atoms with Gasteiger partial charge in [-0.3, -0.25) is 9.89 Å². The monoisotopic (exact) mass is 262 g/mol. The molecule has 0 aliphatic carbocycles. The number of benzene rings is 2. The third-order valence-corrected chi connectivity index (χ3v) is 3.23. The number of fused-ring (bicyclic) bond motifs is 2. The Labute approximate surface area is 113 Å². The predicted molar refractivity (Wildman–Crippen MR) is 76.5 cm³/mol. The second kappa shape index (κ2) is 4.03. The highest BCUT2D eigenvalue weighted by Crippen LogP contribution is 2.15. The van der Waals surface area contributed by atoms with Gasteiger partial charge in [-0.15, -0.1) is 0 Å². The minimum atomic E-state index is -0.139. The summed E-state index contributed by atoms with van der Waals surface area (Å²) in [4.78, 5) is 21.2. The molecule has 0 saturated carbocycles. The first kappa shape index (κ1) is 10.9. The maximum atomic E-state index is 12.4. The van der Waals surface area contributed by atoms with Gasteiger partial charge in [0.2, 0.25) is 0 Å². The number of nitrogens with zero attached hydrogens (tertiary/aromatic N) is 3. The van der Waals surface area contributed by atoms with Gasteiger partial charge in [0.15, 0.2) is 5.82 Å². The third-order valence-electron chi connectivity index (χ3n) is 3.23. The van der Waals surface area contributed by atoms with E-state index >= 15 is 0 Å². The number of H-pyrrole nitrogens is 1. The topological polar surface area (TPSA) is 63.0 Å². The van der Waals surface area contributed by atoms with Gasteiger partial charge in [0, 0.05) is 5.56 Å². The first-order valence-electron chi connectivity index (χ1n) is 6.26. The largest absolute Gasteiger partial charge is 0.281 e. The highest BCUT2D eigenvalue weighted by Gasteiger charge is 2.10. The Morgan fingerprint density at radius 2 is 1.65 bits per heavy atom. The van der Waals surface area contributed by atoms with Crippen LogP contribution < -0.4 is 5.56 Å². The van der Waals surface area contributed by atoms with Gasteiger partial charge in [-0.2, -0.15) is 9.50 Å². The average Bonchev–Trinajstić information content (AvgIpc) is 2.93. The van der Waals surface area contributed by atoms with Crippen molar-refractivity contribution in [3.8, 4) is 11.4 Å². The molecule has 5 heteroatoms. The average molecular weight is 262 g/mol. The van der Waals surface area contributed by atoms with Crippen LogP contribution in [-0.2, 0) is 0 Å². The van der Waals surface area contributed by atoms with E-state index in [1.807, 2.05) is 48.5 Å². The fourth-order valence-corrected chi connectivity index (χ4v) is 2.25. The Morgan fingerprint density at radius 1 is 0.900 bits per heavy atom. The molecule has 0 spiro atoms. The van der Waals surface area contributed by atoms with Crippen LogP contribution in [0, 0.1) is 0 Å². The number of aromatic nitrogens is 4. The van der Waals surface area contributed by atoms with Crippen LogP contribution in [-0.4, -0.2) is 19.6 Å². The molecular weight excluding hydrogens is 252 g/mol. The first-order chi connectivity index (χ1) is 9.83. The molecule has 0 radical (unpaired) electrons. The molecule has 0 aliphatic heterocycles. The van der Waals surface area contributed by atoms with E-state index in [1.165, 1.54) is 4.52 Å². The summed E-state index contributed by atoms with van der Waals surface area (Å²) in [5.74, 6) is 1.01. The second-order valence-electron chi connectivity index (χ2n) is 4.51. The van der Waals surface area contributed by atoms with E-state index in [2.05, 4.69) is 15.1 Å². The van der Waals surface area contributed by atoms with Crippen molar-refractivity contribution in [2.75, 3.05) is 0 Å². The Balaban J connectivity index is 2.07. The van der Waals surface area contributed by atoms with E-state index < -0.39 is 0 Å². The van der Waals surface area contributed by atoms with Gasteiger partial charge >= 0.3 is 0 Å². The molecule has 0 aliphatic rings. The van der Waals surface area contributed by atoms with Crippen molar-refractivity contribution in [3.05, 3.63) is 65.0 Å². The summed E-state index contributed by atoms with van der Waals surface area (Å²) < 4.78 is 1.38. The lowest BCUT2D eigenvalue weighted by molar-refractivity contribution is 0.919. The minimum absolute atomic E-state index is 0.139. The van der Waals surface area contributed by atoms with Crippen LogP contribution >= 0.6 is 0 Å². The zero-order valence-corrected chi connectivity index (χ0v) is 10.4. The standard InChI is InChI=1S/C15H10N4O/c20-14-11-8-4-5-9-12(11)16-15-17-13(18-19(14)15)10-6-2-1-3-7-10/h1-9H,(H,16,17,18). The molecule has 4 aromatic rings. The lowest BCUT2D eigenvalue weighted by Crippen LogP contribution is -2.15. The van der Waals surface area contributed by atoms with Crippen LogP contribution in [0.5, 0.6) is 0 Å². The first-order valence-corrected chi connectivity index (χ1v) is 6.26. The second-order valence-corrected chi connectivity index (χ2v) is 4.51. The van der Waals surface area contributed by atoms with Crippen molar-refractivity contribution in [2.45, 2.75) is 0 Å². The normalized spacial score (nSPS) is 11.2. The molecule has 5 nitrogen and oxygen atoms in total. The van der Waals surface area contributed by atoms with Crippen LogP contribution in [0.2, 0.25) is 0 Å². The molecule has 0 fully saturated rings. The smallest absolute Gasteiger partial charge is 0.271 e. The summed E-state index contributed by atoms with van der Waals surface area (Å²) in [6.45, 7) is 0. The maximum absolute atomic E-state index is 12.4. The van der Waals surface area contributed by atoms with Crippen molar-refractivity contribution in [3.63, 3.8) is 0 Å². The molecule has 0 amide bonds. The molecule has 2 aromatic carbocycles. The molecule has 0 unspecified atom stereocenters. The Hall–Kier alpha value is -2.95. The zero-order valence-electron chi connectivity index (χ0n) is 10.4. The number of nitrogens with one attached hydrogen (secondary N) is 1. The Morgan fingerprint density at radius 3 is 2.50 bits per heavy atom. The SMILES string of the molecule is O=c1c2ccccc2nc2nc(-c3ccccc3)[nH]n12. The lowest BCUT2D eigenvalue weighted by Gasteiger charge is -1.96. The number of para-hydroxylation sites is 1. The number of hydrogen-bond acceptors (Lipinski definition) is 3. The fraction of sp³-hybridized carbons (Fsp3) is 0. The van der Waals surface area contributed by atoms with Crippen molar-refractivity contribution in [2.24, 2.45) is 0 Å². The lowest BCUT2D eigenvalue weighted by atomic mass is 10.2. The molecule has 1 N–H and O–H groups in total. The summed E-state index contributed by atoms with van der Waals surface area (Å²) in [6.07, 6.45) is 0.